The number of unbranched alkanes of at least 4 members (excludes halogenated alkanes) is 1. The van der Waals surface area contributed by atoms with Crippen molar-refractivity contribution in [1.29, 1.82) is 0 Å². The molecule has 0 saturated carbocycles. The van der Waals surface area contributed by atoms with Crippen molar-refractivity contribution in [2.75, 3.05) is 39.8 Å². The van der Waals surface area contributed by atoms with E-state index in [4.69, 9.17) is 10.7 Å². The number of halogens is 1. The highest BCUT2D eigenvalue weighted by Gasteiger charge is 2.22. The second-order valence-electron chi connectivity index (χ2n) is 8.43. The number of primary amides is 1. The maximum atomic E-state index is 11.3. The summed E-state index contributed by atoms with van der Waals surface area (Å²) in [6.45, 7) is 7.35. The molecule has 0 unspecified atom stereocenters. The highest BCUT2D eigenvalue weighted by atomic mass is 127. The van der Waals surface area contributed by atoms with Crippen LogP contribution in [0.4, 0.5) is 0 Å². The predicted molar refractivity (Wildman–Crippen MR) is 144 cm³/mol. The maximum absolute atomic E-state index is 11.3. The molecule has 1 fully saturated rings. The van der Waals surface area contributed by atoms with E-state index in [1.165, 1.54) is 0 Å². The smallest absolute Gasteiger partial charge is 0.220 e. The van der Waals surface area contributed by atoms with E-state index in [9.17, 15) is 4.79 Å². The van der Waals surface area contributed by atoms with Gasteiger partial charge in [-0.05, 0) is 57.8 Å². The van der Waals surface area contributed by atoms with E-state index in [0.717, 1.165) is 81.4 Å². The number of aromatic nitrogens is 2. The van der Waals surface area contributed by atoms with Gasteiger partial charge in [-0.15, -0.1) is 24.0 Å². The van der Waals surface area contributed by atoms with Crippen LogP contribution in [0.15, 0.2) is 41.5 Å². The summed E-state index contributed by atoms with van der Waals surface area (Å²) in [4.78, 5) is 28.6. The molecule has 33 heavy (non-hydrogen) atoms. The number of rotatable bonds is 10. The molecule has 0 atom stereocenters. The van der Waals surface area contributed by atoms with E-state index < -0.39 is 0 Å². The SMILES string of the molecule is CCNC(=NCCCCN1CCC(C(N)=O)CC1)N(C)Cc1ncc(-c2ccccc2)[nH]1.I. The molecule has 3 rings (SSSR count). The Hall–Kier alpha value is -2.14. The van der Waals surface area contributed by atoms with Crippen LogP contribution in [0, 0.1) is 5.92 Å². The summed E-state index contributed by atoms with van der Waals surface area (Å²) in [7, 11) is 2.04. The van der Waals surface area contributed by atoms with Crippen molar-refractivity contribution < 1.29 is 4.79 Å². The van der Waals surface area contributed by atoms with E-state index in [1.807, 2.05) is 31.4 Å². The number of guanidine groups is 1. The Morgan fingerprint density at radius 3 is 2.67 bits per heavy atom. The first-order valence-corrected chi connectivity index (χ1v) is 11.7. The van der Waals surface area contributed by atoms with E-state index in [0.29, 0.717) is 6.54 Å². The lowest BCUT2D eigenvalue weighted by Crippen LogP contribution is -2.39. The third kappa shape index (κ3) is 8.62. The van der Waals surface area contributed by atoms with Crippen LogP contribution in [0.1, 0.15) is 38.4 Å². The van der Waals surface area contributed by atoms with E-state index in [1.54, 1.807) is 0 Å². The van der Waals surface area contributed by atoms with Crippen LogP contribution in [0.5, 0.6) is 0 Å². The van der Waals surface area contributed by atoms with Crippen LogP contribution in [-0.4, -0.2) is 71.4 Å². The second-order valence-corrected chi connectivity index (χ2v) is 8.43. The van der Waals surface area contributed by atoms with Crippen LogP contribution in [-0.2, 0) is 11.3 Å². The Labute approximate surface area is 214 Å². The quantitative estimate of drug-likeness (QED) is 0.177. The fourth-order valence-corrected chi connectivity index (χ4v) is 4.05. The van der Waals surface area contributed by atoms with E-state index in [-0.39, 0.29) is 35.8 Å². The molecule has 1 aromatic carbocycles. The van der Waals surface area contributed by atoms with Gasteiger partial charge in [0.1, 0.15) is 5.82 Å². The molecule has 0 radical (unpaired) electrons. The normalized spacial score (nSPS) is 15.2. The number of H-pyrrole nitrogens is 1. The molecule has 1 aliphatic heterocycles. The number of carbonyl (C=O) groups is 1. The Bertz CT molecular complexity index is 863. The highest BCUT2D eigenvalue weighted by molar-refractivity contribution is 14.0. The Morgan fingerprint density at radius 1 is 1.27 bits per heavy atom. The second kappa shape index (κ2) is 14.2. The van der Waals surface area contributed by atoms with Gasteiger partial charge in [0.05, 0.1) is 18.4 Å². The first-order chi connectivity index (χ1) is 15.6. The van der Waals surface area contributed by atoms with Gasteiger partial charge in [0.2, 0.25) is 5.91 Å². The van der Waals surface area contributed by atoms with Crippen molar-refractivity contribution in [3.63, 3.8) is 0 Å². The zero-order chi connectivity index (χ0) is 22.8. The van der Waals surface area contributed by atoms with Crippen LogP contribution >= 0.6 is 24.0 Å². The number of nitrogens with zero attached hydrogens (tertiary/aromatic N) is 4. The average Bonchev–Trinajstić information content (AvgIpc) is 3.27. The third-order valence-corrected chi connectivity index (χ3v) is 5.93. The average molecular weight is 568 g/mol. The zero-order valence-electron chi connectivity index (χ0n) is 19.8. The summed E-state index contributed by atoms with van der Waals surface area (Å²) in [6, 6.07) is 10.2. The van der Waals surface area contributed by atoms with Gasteiger partial charge < -0.3 is 25.8 Å². The van der Waals surface area contributed by atoms with E-state index >= 15 is 0 Å². The molecule has 8 nitrogen and oxygen atoms in total. The number of imidazole rings is 1. The van der Waals surface area contributed by atoms with Gasteiger partial charge >= 0.3 is 0 Å². The molecule has 1 amide bonds. The summed E-state index contributed by atoms with van der Waals surface area (Å²) >= 11 is 0. The van der Waals surface area contributed by atoms with Crippen molar-refractivity contribution >= 4 is 35.8 Å². The standard InChI is InChI=1S/C24H37N7O.HI/c1-3-26-24(27-13-7-8-14-31-15-11-20(12-16-31)23(25)32)30(2)18-22-28-17-21(29-22)19-9-5-4-6-10-19;/h4-6,9-10,17,20H,3,7-8,11-16,18H2,1-2H3,(H2,25,32)(H,26,27)(H,28,29);1H. The van der Waals surface area contributed by atoms with Gasteiger partial charge in [-0.2, -0.15) is 0 Å². The largest absolute Gasteiger partial charge is 0.369 e. The van der Waals surface area contributed by atoms with Gasteiger partial charge in [-0.25, -0.2) is 4.98 Å². The fourth-order valence-electron chi connectivity index (χ4n) is 4.05. The molecule has 2 aromatic rings. The number of hydrogen-bond donors (Lipinski definition) is 3. The molecule has 0 bridgehead atoms. The Morgan fingerprint density at radius 2 is 2.00 bits per heavy atom. The number of hydrogen-bond acceptors (Lipinski definition) is 4. The molecular weight excluding hydrogens is 529 g/mol. The van der Waals surface area contributed by atoms with Crippen molar-refractivity contribution in [1.82, 2.24) is 25.1 Å². The van der Waals surface area contributed by atoms with Crippen LogP contribution in [0.2, 0.25) is 0 Å². The number of benzene rings is 1. The molecular formula is C24H38IN7O. The number of aliphatic imine (C=N–C) groups is 1. The fraction of sp³-hybridized carbons (Fsp3) is 0.542. The summed E-state index contributed by atoms with van der Waals surface area (Å²) in [5, 5.41) is 3.38. The maximum Gasteiger partial charge on any atom is 0.220 e. The molecule has 9 heteroatoms. The summed E-state index contributed by atoms with van der Waals surface area (Å²) in [5.74, 6) is 1.72. The molecule has 1 aromatic heterocycles. The molecule has 0 spiro atoms. The zero-order valence-corrected chi connectivity index (χ0v) is 22.1. The lowest BCUT2D eigenvalue weighted by atomic mass is 9.96. The van der Waals surface area contributed by atoms with Crippen LogP contribution < -0.4 is 11.1 Å². The number of nitrogens with two attached hydrogens (primary N) is 1. The minimum atomic E-state index is -0.148. The molecule has 1 saturated heterocycles. The summed E-state index contributed by atoms with van der Waals surface area (Å²) < 4.78 is 0. The van der Waals surface area contributed by atoms with Gasteiger partial charge in [-0.1, -0.05) is 30.3 Å². The number of piperidine rings is 1. The molecule has 4 N–H and O–H groups in total. The summed E-state index contributed by atoms with van der Waals surface area (Å²) in [6.07, 6.45) is 5.81. The molecule has 1 aliphatic rings. The topological polar surface area (TPSA) is 103 Å². The number of likely N-dealkylation sites (tertiary alicyclic amines) is 1. The molecule has 0 aliphatic carbocycles. The molecule has 2 heterocycles. The van der Waals surface area contributed by atoms with Crippen molar-refractivity contribution in [3.8, 4) is 11.3 Å². The predicted octanol–water partition coefficient (Wildman–Crippen LogP) is 3.07. The monoisotopic (exact) mass is 567 g/mol. The van der Waals surface area contributed by atoms with Gasteiger partial charge in [0.25, 0.3) is 0 Å². The van der Waals surface area contributed by atoms with E-state index in [2.05, 4.69) is 44.1 Å². The Balaban J connectivity index is 0.00000385. The van der Waals surface area contributed by atoms with Crippen LogP contribution in [0.25, 0.3) is 11.3 Å². The molecule has 182 valence electrons. The highest BCUT2D eigenvalue weighted by Crippen LogP contribution is 2.17. The lowest BCUT2D eigenvalue weighted by Gasteiger charge is -2.30. The first kappa shape index (κ1) is 27.1. The third-order valence-electron chi connectivity index (χ3n) is 5.93. The number of carbonyl (C=O) groups excluding carboxylic acids is 1. The minimum Gasteiger partial charge on any atom is -0.369 e. The van der Waals surface area contributed by atoms with Gasteiger partial charge in [0.15, 0.2) is 5.96 Å². The van der Waals surface area contributed by atoms with Gasteiger partial charge in [0, 0.05) is 26.1 Å². The Kier molecular flexibility index (Phi) is 11.7. The first-order valence-electron chi connectivity index (χ1n) is 11.7. The lowest BCUT2D eigenvalue weighted by molar-refractivity contribution is -0.123. The van der Waals surface area contributed by atoms with Crippen molar-refractivity contribution in [2.24, 2.45) is 16.6 Å². The van der Waals surface area contributed by atoms with Crippen molar-refractivity contribution in [3.05, 3.63) is 42.4 Å². The minimum absolute atomic E-state index is 0. The van der Waals surface area contributed by atoms with Gasteiger partial charge in [-0.3, -0.25) is 9.79 Å². The number of amides is 1. The summed E-state index contributed by atoms with van der Waals surface area (Å²) in [5.41, 5.74) is 7.57. The van der Waals surface area contributed by atoms with Crippen LogP contribution in [0.3, 0.4) is 0 Å². The van der Waals surface area contributed by atoms with Crippen molar-refractivity contribution in [2.45, 2.75) is 39.2 Å². The number of nitrogens with one attached hydrogen (secondary N) is 2. The number of aromatic amines is 1.